The van der Waals surface area contributed by atoms with E-state index in [4.69, 9.17) is 24.1 Å². The van der Waals surface area contributed by atoms with Crippen molar-refractivity contribution in [3.8, 4) is 0 Å². The number of aliphatic hydroxyl groups excluding tert-OH is 7. The predicted molar refractivity (Wildman–Crippen MR) is 73.4 cm³/mol. The minimum atomic E-state index is -1.69. The van der Waals surface area contributed by atoms with Gasteiger partial charge in [-0.2, -0.15) is 0 Å². The normalized spacial score (nSPS) is 50.0. The minimum Gasteiger partial charge on any atom is -0.394 e. The molecule has 142 valence electrons. The molecule has 2 aliphatic heterocycles. The monoisotopic (exact) mass is 356 g/mol. The van der Waals surface area contributed by atoms with E-state index in [0.717, 1.165) is 0 Å². The fourth-order valence-electron chi connectivity index (χ4n) is 2.64. The van der Waals surface area contributed by atoms with Gasteiger partial charge in [-0.1, -0.05) is 0 Å². The van der Waals surface area contributed by atoms with Crippen molar-refractivity contribution in [2.75, 3.05) is 20.3 Å². The Morgan fingerprint density at radius 1 is 0.708 bits per heavy atom. The van der Waals surface area contributed by atoms with Crippen LogP contribution in [0.1, 0.15) is 0 Å². The Morgan fingerprint density at radius 3 is 1.62 bits per heavy atom. The quantitative estimate of drug-likeness (QED) is 0.251. The number of hydrogen-bond acceptors (Lipinski definition) is 11. The van der Waals surface area contributed by atoms with Gasteiger partial charge in [0.05, 0.1) is 13.2 Å². The van der Waals surface area contributed by atoms with E-state index >= 15 is 0 Å². The molecule has 2 heterocycles. The summed E-state index contributed by atoms with van der Waals surface area (Å²) in [5, 5.41) is 68.1. The molecule has 2 saturated heterocycles. The fourth-order valence-corrected chi connectivity index (χ4v) is 2.64. The third kappa shape index (κ3) is 3.86. The van der Waals surface area contributed by atoms with Crippen molar-refractivity contribution in [3.05, 3.63) is 0 Å². The Balaban J connectivity index is 2.07. The summed E-state index contributed by atoms with van der Waals surface area (Å²) in [6.07, 6.45) is -14.9. The lowest BCUT2D eigenvalue weighted by molar-refractivity contribution is -0.376. The standard InChI is InChI=1S/C13H24O11/c1-21-3-5-7(16)9(18)11(20)13(23-5)24-12-10(19)8(17)6(15)4(2-14)22-12/h4-20H,2-3H2,1H3/t4-,5-,6-,7-,8+,9+,10-,11-,12-,13-/m1/s1. The van der Waals surface area contributed by atoms with Crippen molar-refractivity contribution >= 4 is 0 Å². The first-order valence-corrected chi connectivity index (χ1v) is 7.46. The first-order valence-electron chi connectivity index (χ1n) is 7.46. The first-order chi connectivity index (χ1) is 11.3. The van der Waals surface area contributed by atoms with E-state index in [0.29, 0.717) is 0 Å². The second kappa shape index (κ2) is 8.29. The van der Waals surface area contributed by atoms with Gasteiger partial charge in [-0.3, -0.25) is 0 Å². The van der Waals surface area contributed by atoms with Gasteiger partial charge in [0.15, 0.2) is 12.6 Å². The lowest BCUT2D eigenvalue weighted by atomic mass is 9.98. The number of ether oxygens (including phenoxy) is 4. The zero-order chi connectivity index (χ0) is 18.0. The molecule has 0 bridgehead atoms. The van der Waals surface area contributed by atoms with Crippen LogP contribution in [0.15, 0.2) is 0 Å². The molecule has 0 radical (unpaired) electrons. The molecule has 0 aromatic rings. The van der Waals surface area contributed by atoms with Crippen LogP contribution in [0.25, 0.3) is 0 Å². The van der Waals surface area contributed by atoms with Crippen LogP contribution in [-0.4, -0.2) is 117 Å². The number of hydrogen-bond donors (Lipinski definition) is 7. The van der Waals surface area contributed by atoms with Crippen LogP contribution in [0, 0.1) is 0 Å². The van der Waals surface area contributed by atoms with Gasteiger partial charge in [0.2, 0.25) is 0 Å². The van der Waals surface area contributed by atoms with E-state index in [1.54, 1.807) is 0 Å². The Kier molecular flexibility index (Phi) is 6.87. The van der Waals surface area contributed by atoms with Crippen LogP contribution in [-0.2, 0) is 18.9 Å². The van der Waals surface area contributed by atoms with Gasteiger partial charge in [-0.15, -0.1) is 0 Å². The second-order valence-corrected chi connectivity index (χ2v) is 5.80. The van der Waals surface area contributed by atoms with E-state index in [2.05, 4.69) is 0 Å². The molecule has 0 aromatic heterocycles. The predicted octanol–water partition coefficient (Wildman–Crippen LogP) is -4.74. The second-order valence-electron chi connectivity index (χ2n) is 5.80. The third-order valence-electron chi connectivity index (χ3n) is 4.12. The molecular formula is C13H24O11. The summed E-state index contributed by atoms with van der Waals surface area (Å²) in [6.45, 7) is -0.744. The van der Waals surface area contributed by atoms with E-state index in [9.17, 15) is 30.6 Å². The van der Waals surface area contributed by atoms with Crippen molar-refractivity contribution in [1.82, 2.24) is 0 Å². The van der Waals surface area contributed by atoms with Gasteiger partial charge in [0.25, 0.3) is 0 Å². The highest BCUT2D eigenvalue weighted by Crippen LogP contribution is 2.28. The highest BCUT2D eigenvalue weighted by atomic mass is 16.8. The molecule has 2 fully saturated rings. The molecule has 24 heavy (non-hydrogen) atoms. The molecular weight excluding hydrogens is 332 g/mol. The van der Waals surface area contributed by atoms with Crippen LogP contribution in [0.5, 0.6) is 0 Å². The molecule has 10 atom stereocenters. The maximum absolute atomic E-state index is 9.95. The summed E-state index contributed by atoms with van der Waals surface area (Å²) in [4.78, 5) is 0. The molecule has 0 unspecified atom stereocenters. The molecule has 7 N–H and O–H groups in total. The topological polar surface area (TPSA) is 179 Å². The maximum atomic E-state index is 9.95. The lowest BCUT2D eigenvalue weighted by Crippen LogP contribution is -2.63. The van der Waals surface area contributed by atoms with Gasteiger partial charge in [0.1, 0.15) is 48.8 Å². The van der Waals surface area contributed by atoms with Crippen molar-refractivity contribution in [2.24, 2.45) is 0 Å². The van der Waals surface area contributed by atoms with Gasteiger partial charge >= 0.3 is 0 Å². The van der Waals surface area contributed by atoms with Crippen molar-refractivity contribution < 1.29 is 54.7 Å². The van der Waals surface area contributed by atoms with Gasteiger partial charge in [-0.05, 0) is 0 Å². The Bertz CT molecular complexity index is 394. The van der Waals surface area contributed by atoms with Crippen LogP contribution >= 0.6 is 0 Å². The molecule has 0 spiro atoms. The molecule has 0 aliphatic carbocycles. The molecule has 0 saturated carbocycles. The summed E-state index contributed by atoms with van der Waals surface area (Å²) in [7, 11) is 1.35. The Labute approximate surface area is 137 Å². The molecule has 2 rings (SSSR count). The summed E-state index contributed by atoms with van der Waals surface area (Å²) in [5.41, 5.74) is 0. The molecule has 0 aromatic carbocycles. The van der Waals surface area contributed by atoms with Crippen molar-refractivity contribution in [3.63, 3.8) is 0 Å². The van der Waals surface area contributed by atoms with E-state index in [-0.39, 0.29) is 6.61 Å². The van der Waals surface area contributed by atoms with Crippen molar-refractivity contribution in [1.29, 1.82) is 0 Å². The largest absolute Gasteiger partial charge is 0.394 e. The van der Waals surface area contributed by atoms with Crippen molar-refractivity contribution in [2.45, 2.75) is 61.4 Å². The zero-order valence-electron chi connectivity index (χ0n) is 13.0. The number of methoxy groups -OCH3 is 1. The first kappa shape index (κ1) is 19.9. The number of aliphatic hydroxyl groups is 7. The molecule has 11 heteroatoms. The highest BCUT2D eigenvalue weighted by Gasteiger charge is 2.49. The smallest absolute Gasteiger partial charge is 0.189 e. The average molecular weight is 356 g/mol. The summed E-state index contributed by atoms with van der Waals surface area (Å²) < 4.78 is 20.5. The van der Waals surface area contributed by atoms with Crippen LogP contribution < -0.4 is 0 Å². The number of rotatable bonds is 5. The minimum absolute atomic E-state index is 0.0977. The molecule has 0 amide bonds. The fraction of sp³-hybridized carbons (Fsp3) is 1.00. The zero-order valence-corrected chi connectivity index (χ0v) is 13.0. The van der Waals surface area contributed by atoms with Gasteiger partial charge in [0, 0.05) is 7.11 Å². The van der Waals surface area contributed by atoms with E-state index < -0.39 is 68.0 Å². The lowest BCUT2D eigenvalue weighted by Gasteiger charge is -2.44. The van der Waals surface area contributed by atoms with E-state index in [1.807, 2.05) is 0 Å². The molecule has 2 aliphatic rings. The Morgan fingerprint density at radius 2 is 1.17 bits per heavy atom. The summed E-state index contributed by atoms with van der Waals surface area (Å²) in [6, 6.07) is 0. The molecule has 11 nitrogen and oxygen atoms in total. The van der Waals surface area contributed by atoms with Gasteiger partial charge in [-0.25, -0.2) is 0 Å². The van der Waals surface area contributed by atoms with Crippen LogP contribution in [0.4, 0.5) is 0 Å². The van der Waals surface area contributed by atoms with Crippen LogP contribution in [0.2, 0.25) is 0 Å². The highest BCUT2D eigenvalue weighted by molar-refractivity contribution is 4.92. The Hall–Kier alpha value is -0.440. The third-order valence-corrected chi connectivity index (χ3v) is 4.12. The van der Waals surface area contributed by atoms with Crippen LogP contribution in [0.3, 0.4) is 0 Å². The average Bonchev–Trinajstić information content (AvgIpc) is 2.57. The summed E-state index contributed by atoms with van der Waals surface area (Å²) in [5.74, 6) is 0. The van der Waals surface area contributed by atoms with E-state index in [1.165, 1.54) is 7.11 Å². The summed E-state index contributed by atoms with van der Waals surface area (Å²) >= 11 is 0. The maximum Gasteiger partial charge on any atom is 0.189 e. The SMILES string of the molecule is COC[C@H]1O[C@H](O[C@H]2O[C@H](CO)[C@@H](O)[C@H](O)[C@H]2O)[C@H](O)[C@@H](O)[C@@H]1O. The van der Waals surface area contributed by atoms with Gasteiger partial charge < -0.3 is 54.7 Å².